The number of para-hydroxylation sites is 1. The molecule has 0 saturated heterocycles. The van der Waals surface area contributed by atoms with Crippen LogP contribution in [0.2, 0.25) is 0 Å². The Kier molecular flexibility index (Phi) is 2.28. The van der Waals surface area contributed by atoms with E-state index in [0.29, 0.717) is 11.3 Å². The number of anilines is 2. The van der Waals surface area contributed by atoms with Crippen LogP contribution in [0, 0.1) is 11.3 Å². The van der Waals surface area contributed by atoms with E-state index >= 15 is 0 Å². The van der Waals surface area contributed by atoms with E-state index in [1.807, 2.05) is 12.1 Å². The summed E-state index contributed by atoms with van der Waals surface area (Å²) in [6.45, 7) is 2.19. The summed E-state index contributed by atoms with van der Waals surface area (Å²) >= 11 is 0. The van der Waals surface area contributed by atoms with Gasteiger partial charge in [-0.05, 0) is 38.3 Å². The average Bonchev–Trinajstić information content (AvgIpc) is 2.19. The van der Waals surface area contributed by atoms with E-state index in [-0.39, 0.29) is 5.54 Å². The van der Waals surface area contributed by atoms with E-state index in [4.69, 9.17) is 11.0 Å². The van der Waals surface area contributed by atoms with Crippen molar-refractivity contribution in [2.45, 2.75) is 31.7 Å². The maximum Gasteiger partial charge on any atom is 0.101 e. The lowest BCUT2D eigenvalue weighted by molar-refractivity contribution is 0.307. The largest absolute Gasteiger partial charge is 0.396 e. The highest BCUT2D eigenvalue weighted by Crippen LogP contribution is 2.36. The third-order valence-electron chi connectivity index (χ3n) is 3.12. The molecule has 78 valence electrons. The van der Waals surface area contributed by atoms with Crippen molar-refractivity contribution >= 4 is 11.4 Å². The summed E-state index contributed by atoms with van der Waals surface area (Å²) in [7, 11) is 0. The Morgan fingerprint density at radius 2 is 2.20 bits per heavy atom. The lowest BCUT2D eigenvalue weighted by Gasteiger charge is -2.40. The Morgan fingerprint density at radius 1 is 1.47 bits per heavy atom. The summed E-state index contributed by atoms with van der Waals surface area (Å²) in [6, 6.07) is 7.62. The number of nitrogens with one attached hydrogen (secondary N) is 1. The number of benzene rings is 1. The standard InChI is InChI=1S/C12H15N3/c1-12(6-3-7-12)15-10-5-2-4-9(8-13)11(10)14/h2,4-5,15H,3,6-7,14H2,1H3. The molecule has 0 atom stereocenters. The fraction of sp³-hybridized carbons (Fsp3) is 0.417. The number of nitrogens with zero attached hydrogens (tertiary/aromatic N) is 1. The van der Waals surface area contributed by atoms with Gasteiger partial charge in [0.2, 0.25) is 0 Å². The van der Waals surface area contributed by atoms with Gasteiger partial charge in [-0.15, -0.1) is 0 Å². The topological polar surface area (TPSA) is 61.8 Å². The van der Waals surface area contributed by atoms with Gasteiger partial charge in [0.05, 0.1) is 16.9 Å². The summed E-state index contributed by atoms with van der Waals surface area (Å²) < 4.78 is 0. The molecule has 3 nitrogen and oxygen atoms in total. The lowest BCUT2D eigenvalue weighted by atomic mass is 9.78. The van der Waals surface area contributed by atoms with Gasteiger partial charge in [0.25, 0.3) is 0 Å². The smallest absolute Gasteiger partial charge is 0.101 e. The maximum atomic E-state index is 8.85. The average molecular weight is 201 g/mol. The maximum absolute atomic E-state index is 8.85. The van der Waals surface area contributed by atoms with Gasteiger partial charge in [0.15, 0.2) is 0 Å². The number of rotatable bonds is 2. The minimum absolute atomic E-state index is 0.169. The molecule has 0 radical (unpaired) electrons. The first-order valence-corrected chi connectivity index (χ1v) is 5.21. The Morgan fingerprint density at radius 3 is 2.73 bits per heavy atom. The van der Waals surface area contributed by atoms with Gasteiger partial charge in [0.1, 0.15) is 6.07 Å². The first kappa shape index (κ1) is 9.85. The molecule has 0 bridgehead atoms. The second kappa shape index (κ2) is 3.47. The minimum atomic E-state index is 0.169. The summed E-state index contributed by atoms with van der Waals surface area (Å²) in [5, 5.41) is 12.3. The minimum Gasteiger partial charge on any atom is -0.396 e. The molecular weight excluding hydrogens is 186 g/mol. The van der Waals surface area contributed by atoms with Gasteiger partial charge in [-0.25, -0.2) is 0 Å². The van der Waals surface area contributed by atoms with Crippen molar-refractivity contribution < 1.29 is 0 Å². The van der Waals surface area contributed by atoms with Crippen LogP contribution in [0.1, 0.15) is 31.7 Å². The first-order valence-electron chi connectivity index (χ1n) is 5.21. The molecular formula is C12H15N3. The first-order chi connectivity index (χ1) is 7.14. The van der Waals surface area contributed by atoms with Crippen LogP contribution in [0.25, 0.3) is 0 Å². The molecule has 1 aliphatic carbocycles. The summed E-state index contributed by atoms with van der Waals surface area (Å²) in [4.78, 5) is 0. The monoisotopic (exact) mass is 201 g/mol. The predicted octanol–water partition coefficient (Wildman–Crippen LogP) is 2.49. The highest BCUT2D eigenvalue weighted by atomic mass is 15.0. The van der Waals surface area contributed by atoms with Crippen molar-refractivity contribution in [2.24, 2.45) is 0 Å². The van der Waals surface area contributed by atoms with Crippen molar-refractivity contribution in [3.63, 3.8) is 0 Å². The molecule has 1 aromatic carbocycles. The lowest BCUT2D eigenvalue weighted by Crippen LogP contribution is -2.41. The molecule has 0 unspecified atom stereocenters. The molecule has 3 N–H and O–H groups in total. The van der Waals surface area contributed by atoms with E-state index in [1.165, 1.54) is 19.3 Å². The highest BCUT2D eigenvalue weighted by molar-refractivity contribution is 5.73. The van der Waals surface area contributed by atoms with Crippen LogP contribution in [0.15, 0.2) is 18.2 Å². The van der Waals surface area contributed by atoms with Crippen molar-refractivity contribution in [2.75, 3.05) is 11.1 Å². The fourth-order valence-corrected chi connectivity index (χ4v) is 1.93. The highest BCUT2D eigenvalue weighted by Gasteiger charge is 2.31. The summed E-state index contributed by atoms with van der Waals surface area (Å²) in [6.07, 6.45) is 3.60. The van der Waals surface area contributed by atoms with E-state index in [1.54, 1.807) is 6.07 Å². The van der Waals surface area contributed by atoms with E-state index in [0.717, 1.165) is 5.69 Å². The molecule has 1 aliphatic rings. The molecule has 15 heavy (non-hydrogen) atoms. The predicted molar refractivity (Wildman–Crippen MR) is 61.4 cm³/mol. The zero-order chi connectivity index (χ0) is 10.9. The molecule has 0 heterocycles. The number of hydrogen-bond donors (Lipinski definition) is 2. The fourth-order valence-electron chi connectivity index (χ4n) is 1.93. The van der Waals surface area contributed by atoms with Gasteiger partial charge in [-0.1, -0.05) is 6.07 Å². The molecule has 2 rings (SSSR count). The molecule has 0 spiro atoms. The SMILES string of the molecule is CC1(Nc2cccc(C#N)c2N)CCC1. The van der Waals surface area contributed by atoms with Crippen LogP contribution in [0.4, 0.5) is 11.4 Å². The number of nitriles is 1. The van der Waals surface area contributed by atoms with Gasteiger partial charge in [0, 0.05) is 5.54 Å². The second-order valence-electron chi connectivity index (χ2n) is 4.42. The van der Waals surface area contributed by atoms with E-state index < -0.39 is 0 Å². The van der Waals surface area contributed by atoms with Gasteiger partial charge in [-0.3, -0.25) is 0 Å². The quantitative estimate of drug-likeness (QED) is 0.722. The zero-order valence-electron chi connectivity index (χ0n) is 8.88. The molecule has 0 aromatic heterocycles. The van der Waals surface area contributed by atoms with Gasteiger partial charge < -0.3 is 11.1 Å². The van der Waals surface area contributed by atoms with Gasteiger partial charge >= 0.3 is 0 Å². The third kappa shape index (κ3) is 1.75. The van der Waals surface area contributed by atoms with Crippen molar-refractivity contribution in [3.05, 3.63) is 23.8 Å². The zero-order valence-corrected chi connectivity index (χ0v) is 8.88. The number of nitrogen functional groups attached to an aromatic ring is 1. The van der Waals surface area contributed by atoms with Crippen LogP contribution in [0.5, 0.6) is 0 Å². The number of nitrogens with two attached hydrogens (primary N) is 1. The molecule has 1 fully saturated rings. The van der Waals surface area contributed by atoms with E-state index in [2.05, 4.69) is 18.3 Å². The molecule has 1 saturated carbocycles. The van der Waals surface area contributed by atoms with Crippen LogP contribution < -0.4 is 11.1 Å². The number of hydrogen-bond acceptors (Lipinski definition) is 3. The van der Waals surface area contributed by atoms with Crippen LogP contribution in [-0.2, 0) is 0 Å². The van der Waals surface area contributed by atoms with Crippen molar-refractivity contribution in [3.8, 4) is 6.07 Å². The summed E-state index contributed by atoms with van der Waals surface area (Å²) in [5.74, 6) is 0. The van der Waals surface area contributed by atoms with Gasteiger partial charge in [-0.2, -0.15) is 5.26 Å². The summed E-state index contributed by atoms with van der Waals surface area (Å²) in [5.41, 5.74) is 8.06. The van der Waals surface area contributed by atoms with Crippen LogP contribution >= 0.6 is 0 Å². The van der Waals surface area contributed by atoms with Crippen LogP contribution in [0.3, 0.4) is 0 Å². The Hall–Kier alpha value is -1.69. The van der Waals surface area contributed by atoms with Crippen molar-refractivity contribution in [1.29, 1.82) is 5.26 Å². The van der Waals surface area contributed by atoms with Crippen LogP contribution in [-0.4, -0.2) is 5.54 Å². The molecule has 3 heteroatoms. The molecule has 0 aliphatic heterocycles. The van der Waals surface area contributed by atoms with E-state index in [9.17, 15) is 0 Å². The van der Waals surface area contributed by atoms with Crippen molar-refractivity contribution in [1.82, 2.24) is 0 Å². The second-order valence-corrected chi connectivity index (χ2v) is 4.42. The molecule has 1 aromatic rings. The Bertz CT molecular complexity index is 413. The molecule has 0 amide bonds. The third-order valence-corrected chi connectivity index (χ3v) is 3.12. The Labute approximate surface area is 89.9 Å². The Balaban J connectivity index is 2.25. The normalized spacial score (nSPS) is 17.6.